The van der Waals surface area contributed by atoms with Crippen molar-refractivity contribution in [1.82, 2.24) is 9.78 Å². The molecule has 16 heavy (non-hydrogen) atoms. The second-order valence-corrected chi connectivity index (χ2v) is 5.00. The summed E-state index contributed by atoms with van der Waals surface area (Å²) < 4.78 is 1.92. The van der Waals surface area contributed by atoms with Crippen LogP contribution in [0.4, 0.5) is 0 Å². The fourth-order valence-corrected chi connectivity index (χ4v) is 2.11. The zero-order chi connectivity index (χ0) is 11.6. The molecule has 0 aliphatic heterocycles. The number of aryl methyl sites for hydroxylation is 1. The van der Waals surface area contributed by atoms with Gasteiger partial charge in [0, 0.05) is 12.7 Å². The second-order valence-electron chi connectivity index (χ2n) is 4.12. The molecule has 0 aromatic carbocycles. The topological polar surface area (TPSA) is 17.8 Å². The summed E-state index contributed by atoms with van der Waals surface area (Å²) in [7, 11) is 0. The van der Waals surface area contributed by atoms with E-state index < -0.39 is 0 Å². The molecule has 1 aromatic rings. The summed E-state index contributed by atoms with van der Waals surface area (Å²) in [5.41, 5.74) is 0. The zero-order valence-corrected chi connectivity index (χ0v) is 11.4. The van der Waals surface area contributed by atoms with E-state index in [1.807, 2.05) is 10.9 Å². The van der Waals surface area contributed by atoms with Crippen LogP contribution in [0.5, 0.6) is 0 Å². The Kier molecular flexibility index (Phi) is 7.77. The molecule has 0 aliphatic rings. The van der Waals surface area contributed by atoms with Gasteiger partial charge in [-0.15, -0.1) is 0 Å². The molecule has 0 saturated carbocycles. The maximum Gasteiger partial charge on any atom is 0.0785 e. The maximum atomic E-state index is 5.78. The number of hydrogen-bond donors (Lipinski definition) is 1. The van der Waals surface area contributed by atoms with Crippen molar-refractivity contribution in [2.75, 3.05) is 5.75 Å². The lowest BCUT2D eigenvalue weighted by molar-refractivity contribution is 0.523. The Morgan fingerprint density at radius 3 is 2.25 bits per heavy atom. The Bertz CT molecular complexity index is 276. The maximum absolute atomic E-state index is 5.78. The molecule has 1 rings (SSSR count). The molecule has 0 bridgehead atoms. The van der Waals surface area contributed by atoms with Gasteiger partial charge in [0.1, 0.15) is 0 Å². The van der Waals surface area contributed by atoms with Crippen LogP contribution in [0.2, 0.25) is 5.02 Å². The highest BCUT2D eigenvalue weighted by Gasteiger charge is 1.95. The van der Waals surface area contributed by atoms with Crippen molar-refractivity contribution >= 4 is 24.2 Å². The van der Waals surface area contributed by atoms with E-state index in [1.165, 1.54) is 44.9 Å². The van der Waals surface area contributed by atoms with Crippen LogP contribution in [0.1, 0.15) is 44.9 Å². The molecule has 4 heteroatoms. The highest BCUT2D eigenvalue weighted by Crippen LogP contribution is 2.09. The Morgan fingerprint density at radius 1 is 1.06 bits per heavy atom. The molecular formula is C12H21ClN2S. The monoisotopic (exact) mass is 260 g/mol. The fourth-order valence-electron chi connectivity index (χ4n) is 1.73. The van der Waals surface area contributed by atoms with Crippen molar-refractivity contribution in [3.05, 3.63) is 17.4 Å². The van der Waals surface area contributed by atoms with E-state index in [9.17, 15) is 0 Å². The van der Waals surface area contributed by atoms with Crippen LogP contribution in [0.15, 0.2) is 12.4 Å². The first-order valence-corrected chi connectivity index (χ1v) is 7.13. The molecule has 92 valence electrons. The fraction of sp³-hybridized carbons (Fsp3) is 0.750. The molecule has 1 aromatic heterocycles. The summed E-state index contributed by atoms with van der Waals surface area (Å²) in [6.45, 7) is 0.989. The van der Waals surface area contributed by atoms with Gasteiger partial charge in [-0.05, 0) is 18.6 Å². The summed E-state index contributed by atoms with van der Waals surface area (Å²) in [5, 5.41) is 4.88. The van der Waals surface area contributed by atoms with Gasteiger partial charge >= 0.3 is 0 Å². The summed E-state index contributed by atoms with van der Waals surface area (Å²) in [5.74, 6) is 1.03. The van der Waals surface area contributed by atoms with Gasteiger partial charge in [0.15, 0.2) is 0 Å². The SMILES string of the molecule is SCCCCCCCCCn1cc(Cl)cn1. The lowest BCUT2D eigenvalue weighted by Crippen LogP contribution is -1.97. The minimum atomic E-state index is 0.728. The van der Waals surface area contributed by atoms with Crippen LogP contribution in [0.25, 0.3) is 0 Å². The van der Waals surface area contributed by atoms with E-state index in [2.05, 4.69) is 17.7 Å². The molecule has 0 atom stereocenters. The van der Waals surface area contributed by atoms with Crippen molar-refractivity contribution in [3.63, 3.8) is 0 Å². The quantitative estimate of drug-likeness (QED) is 0.521. The summed E-state index contributed by atoms with van der Waals surface area (Å²) in [6, 6.07) is 0. The molecule has 1 heterocycles. The largest absolute Gasteiger partial charge is 0.271 e. The smallest absolute Gasteiger partial charge is 0.0785 e. The molecule has 0 radical (unpaired) electrons. The van der Waals surface area contributed by atoms with Crippen LogP contribution in [-0.2, 0) is 6.54 Å². The Labute approximate surface area is 109 Å². The minimum absolute atomic E-state index is 0.728. The van der Waals surface area contributed by atoms with Gasteiger partial charge in [-0.3, -0.25) is 4.68 Å². The van der Waals surface area contributed by atoms with Crippen LogP contribution in [0, 0.1) is 0 Å². The molecular weight excluding hydrogens is 240 g/mol. The summed E-state index contributed by atoms with van der Waals surface area (Å²) in [6.07, 6.45) is 12.7. The molecule has 0 aliphatic carbocycles. The van der Waals surface area contributed by atoms with E-state index >= 15 is 0 Å². The number of hydrogen-bond acceptors (Lipinski definition) is 2. The van der Waals surface area contributed by atoms with Crippen molar-refractivity contribution in [3.8, 4) is 0 Å². The van der Waals surface area contributed by atoms with Gasteiger partial charge in [0.2, 0.25) is 0 Å². The average Bonchev–Trinajstić information content (AvgIpc) is 2.68. The number of aromatic nitrogens is 2. The highest BCUT2D eigenvalue weighted by atomic mass is 35.5. The molecule has 0 spiro atoms. The van der Waals surface area contributed by atoms with Gasteiger partial charge in [-0.1, -0.05) is 43.7 Å². The normalized spacial score (nSPS) is 10.9. The highest BCUT2D eigenvalue weighted by molar-refractivity contribution is 7.80. The molecule has 0 fully saturated rings. The van der Waals surface area contributed by atoms with Crippen LogP contribution >= 0.6 is 24.2 Å². The molecule has 2 nitrogen and oxygen atoms in total. The number of rotatable bonds is 9. The molecule has 0 unspecified atom stereocenters. The average molecular weight is 261 g/mol. The summed E-state index contributed by atoms with van der Waals surface area (Å²) in [4.78, 5) is 0. The predicted molar refractivity (Wildman–Crippen MR) is 73.4 cm³/mol. The van der Waals surface area contributed by atoms with Gasteiger partial charge < -0.3 is 0 Å². The van der Waals surface area contributed by atoms with Gasteiger partial charge in [0.05, 0.1) is 11.2 Å². The van der Waals surface area contributed by atoms with Crippen molar-refractivity contribution in [1.29, 1.82) is 0 Å². The first-order valence-electron chi connectivity index (χ1n) is 6.12. The van der Waals surface area contributed by atoms with E-state index in [1.54, 1.807) is 6.20 Å². The number of nitrogens with zero attached hydrogens (tertiary/aromatic N) is 2. The predicted octanol–water partition coefficient (Wildman–Crippen LogP) is 4.20. The van der Waals surface area contributed by atoms with E-state index in [4.69, 9.17) is 11.6 Å². The first-order chi connectivity index (χ1) is 7.83. The third-order valence-electron chi connectivity index (χ3n) is 2.65. The van der Waals surface area contributed by atoms with Gasteiger partial charge in [0.25, 0.3) is 0 Å². The Balaban J connectivity index is 1.88. The van der Waals surface area contributed by atoms with Crippen molar-refractivity contribution in [2.45, 2.75) is 51.5 Å². The third-order valence-corrected chi connectivity index (χ3v) is 3.16. The van der Waals surface area contributed by atoms with Gasteiger partial charge in [-0.25, -0.2) is 0 Å². The lowest BCUT2D eigenvalue weighted by atomic mass is 10.1. The Hall–Kier alpha value is -0.150. The van der Waals surface area contributed by atoms with Gasteiger partial charge in [-0.2, -0.15) is 17.7 Å². The van der Waals surface area contributed by atoms with Crippen molar-refractivity contribution in [2.24, 2.45) is 0 Å². The van der Waals surface area contributed by atoms with E-state index in [-0.39, 0.29) is 0 Å². The number of halogens is 1. The molecule has 0 saturated heterocycles. The standard InChI is InChI=1S/C12H21ClN2S/c13-12-10-14-15(11-12)8-6-4-2-1-3-5-7-9-16/h10-11,16H,1-9H2. The second kappa shape index (κ2) is 8.94. The first kappa shape index (κ1) is 13.9. The molecule has 0 amide bonds. The molecule has 0 N–H and O–H groups in total. The lowest BCUT2D eigenvalue weighted by Gasteiger charge is -2.02. The summed E-state index contributed by atoms with van der Waals surface area (Å²) >= 11 is 9.98. The Morgan fingerprint density at radius 2 is 1.69 bits per heavy atom. The van der Waals surface area contributed by atoms with E-state index in [0.717, 1.165) is 17.3 Å². The zero-order valence-electron chi connectivity index (χ0n) is 9.74. The third kappa shape index (κ3) is 6.44. The van der Waals surface area contributed by atoms with E-state index in [0.29, 0.717) is 0 Å². The number of unbranched alkanes of at least 4 members (excludes halogenated alkanes) is 6. The minimum Gasteiger partial charge on any atom is -0.271 e. The van der Waals surface area contributed by atoms with Crippen LogP contribution in [0.3, 0.4) is 0 Å². The van der Waals surface area contributed by atoms with Crippen LogP contribution in [-0.4, -0.2) is 15.5 Å². The van der Waals surface area contributed by atoms with Crippen LogP contribution < -0.4 is 0 Å². The number of thiol groups is 1. The van der Waals surface area contributed by atoms with Crippen molar-refractivity contribution < 1.29 is 0 Å².